The lowest BCUT2D eigenvalue weighted by molar-refractivity contribution is 0.102. The highest BCUT2D eigenvalue weighted by Gasteiger charge is 2.16. The molecule has 0 fully saturated rings. The Hall–Kier alpha value is -4.36. The summed E-state index contributed by atoms with van der Waals surface area (Å²) in [6, 6.07) is 29.0. The standard InChI is InChI=1S/C27H19FN4OS/c28-22-15-13-19(14-16-22)24-26(31-25(33)20-8-2-1-3-9-20)34-27(30-24)32-29-17-21-11-6-10-18-7-4-5-12-23(18)21/h1-17H,(H,30,32)(H,31,33). The number of benzene rings is 4. The highest BCUT2D eigenvalue weighted by Crippen LogP contribution is 2.36. The Morgan fingerprint density at radius 2 is 1.62 bits per heavy atom. The summed E-state index contributed by atoms with van der Waals surface area (Å²) in [7, 11) is 0. The third-order valence-electron chi connectivity index (χ3n) is 5.20. The Labute approximate surface area is 199 Å². The number of carbonyl (C=O) groups is 1. The zero-order valence-corrected chi connectivity index (χ0v) is 18.7. The molecule has 5 nitrogen and oxygen atoms in total. The van der Waals surface area contributed by atoms with Gasteiger partial charge in [-0.25, -0.2) is 9.37 Å². The summed E-state index contributed by atoms with van der Waals surface area (Å²) < 4.78 is 13.5. The molecule has 0 saturated carbocycles. The number of aromatic nitrogens is 1. The topological polar surface area (TPSA) is 66.4 Å². The van der Waals surface area contributed by atoms with Crippen LogP contribution in [-0.2, 0) is 0 Å². The van der Waals surface area contributed by atoms with Crippen LogP contribution in [-0.4, -0.2) is 17.1 Å². The molecule has 34 heavy (non-hydrogen) atoms. The van der Waals surface area contributed by atoms with Crippen molar-refractivity contribution >= 4 is 44.4 Å². The monoisotopic (exact) mass is 466 g/mol. The van der Waals surface area contributed by atoms with Crippen molar-refractivity contribution in [3.05, 3.63) is 114 Å². The zero-order chi connectivity index (χ0) is 23.3. The minimum absolute atomic E-state index is 0.251. The molecule has 1 amide bonds. The number of halogens is 1. The summed E-state index contributed by atoms with van der Waals surface area (Å²) in [4.78, 5) is 17.3. The summed E-state index contributed by atoms with van der Waals surface area (Å²) in [5.41, 5.74) is 5.69. The Kier molecular flexibility index (Phi) is 6.09. The molecule has 5 rings (SSSR count). The average Bonchev–Trinajstić information content (AvgIpc) is 3.27. The first-order chi connectivity index (χ1) is 16.7. The molecule has 0 aliphatic rings. The van der Waals surface area contributed by atoms with Gasteiger partial charge in [0.1, 0.15) is 16.5 Å². The van der Waals surface area contributed by atoms with Gasteiger partial charge in [-0.05, 0) is 47.2 Å². The number of hydrogen-bond donors (Lipinski definition) is 2. The maximum absolute atomic E-state index is 13.5. The molecule has 4 aromatic carbocycles. The van der Waals surface area contributed by atoms with Gasteiger partial charge in [-0.15, -0.1) is 0 Å². The number of anilines is 2. The van der Waals surface area contributed by atoms with E-state index in [0.29, 0.717) is 27.0 Å². The lowest BCUT2D eigenvalue weighted by Crippen LogP contribution is -2.11. The Morgan fingerprint density at radius 1 is 0.882 bits per heavy atom. The Morgan fingerprint density at radius 3 is 2.44 bits per heavy atom. The van der Waals surface area contributed by atoms with E-state index in [0.717, 1.165) is 16.3 Å². The van der Waals surface area contributed by atoms with E-state index in [2.05, 4.69) is 33.0 Å². The van der Waals surface area contributed by atoms with Crippen molar-refractivity contribution in [2.45, 2.75) is 0 Å². The maximum Gasteiger partial charge on any atom is 0.256 e. The molecule has 5 aromatic rings. The molecule has 1 heterocycles. The molecule has 0 unspecified atom stereocenters. The lowest BCUT2D eigenvalue weighted by atomic mass is 10.1. The van der Waals surface area contributed by atoms with E-state index < -0.39 is 0 Å². The number of nitrogens with one attached hydrogen (secondary N) is 2. The van der Waals surface area contributed by atoms with Gasteiger partial charge in [-0.1, -0.05) is 72.0 Å². The highest BCUT2D eigenvalue weighted by atomic mass is 32.1. The number of amides is 1. The fourth-order valence-corrected chi connectivity index (χ4v) is 4.37. The first-order valence-corrected chi connectivity index (χ1v) is 11.4. The van der Waals surface area contributed by atoms with Crippen molar-refractivity contribution in [3.63, 3.8) is 0 Å². The summed E-state index contributed by atoms with van der Waals surface area (Å²) in [5, 5.41) is 10.6. The average molecular weight is 467 g/mol. The van der Waals surface area contributed by atoms with Gasteiger partial charge in [0.25, 0.3) is 5.91 Å². The van der Waals surface area contributed by atoms with Crippen LogP contribution in [0.4, 0.5) is 14.5 Å². The number of hydrogen-bond acceptors (Lipinski definition) is 5. The van der Waals surface area contributed by atoms with Gasteiger partial charge in [0.05, 0.1) is 6.21 Å². The minimum Gasteiger partial charge on any atom is -0.312 e. The Balaban J connectivity index is 1.43. The molecule has 0 atom stereocenters. The van der Waals surface area contributed by atoms with Gasteiger partial charge in [0.2, 0.25) is 5.13 Å². The molecule has 0 spiro atoms. The van der Waals surface area contributed by atoms with Crippen molar-refractivity contribution < 1.29 is 9.18 Å². The zero-order valence-electron chi connectivity index (χ0n) is 17.9. The molecule has 1 aromatic heterocycles. The van der Waals surface area contributed by atoms with Gasteiger partial charge in [0.15, 0.2) is 0 Å². The van der Waals surface area contributed by atoms with E-state index in [-0.39, 0.29) is 11.7 Å². The van der Waals surface area contributed by atoms with Crippen LogP contribution < -0.4 is 10.7 Å². The van der Waals surface area contributed by atoms with Gasteiger partial charge in [-0.2, -0.15) is 5.10 Å². The molecular weight excluding hydrogens is 447 g/mol. The van der Waals surface area contributed by atoms with Crippen molar-refractivity contribution in [2.75, 3.05) is 10.7 Å². The summed E-state index contributed by atoms with van der Waals surface area (Å²) in [6.45, 7) is 0. The second-order valence-electron chi connectivity index (χ2n) is 7.46. The van der Waals surface area contributed by atoms with Crippen LogP contribution in [0.5, 0.6) is 0 Å². The van der Waals surface area contributed by atoms with Gasteiger partial charge in [0, 0.05) is 16.7 Å². The molecule has 0 aliphatic carbocycles. The van der Waals surface area contributed by atoms with Crippen LogP contribution in [0.25, 0.3) is 22.0 Å². The third kappa shape index (κ3) is 4.69. The Bertz CT molecular complexity index is 1470. The summed E-state index contributed by atoms with van der Waals surface area (Å²) >= 11 is 1.26. The molecule has 0 aliphatic heterocycles. The number of thiazole rings is 1. The molecule has 0 saturated heterocycles. The number of carbonyl (C=O) groups excluding carboxylic acids is 1. The van der Waals surface area contributed by atoms with Crippen molar-refractivity contribution in [1.29, 1.82) is 0 Å². The van der Waals surface area contributed by atoms with Crippen molar-refractivity contribution in [1.82, 2.24) is 4.98 Å². The SMILES string of the molecule is O=C(Nc1sc(NN=Cc2cccc3ccccc23)nc1-c1ccc(F)cc1)c1ccccc1. The normalized spacial score (nSPS) is 11.1. The largest absolute Gasteiger partial charge is 0.312 e. The predicted octanol–water partition coefficient (Wildman–Crippen LogP) is 6.80. The fourth-order valence-electron chi connectivity index (χ4n) is 3.54. The third-order valence-corrected chi connectivity index (χ3v) is 6.07. The molecular formula is C27H19FN4OS. The molecule has 166 valence electrons. The van der Waals surface area contributed by atoms with Crippen LogP contribution in [0.15, 0.2) is 102 Å². The van der Waals surface area contributed by atoms with E-state index in [1.807, 2.05) is 36.4 Å². The second-order valence-corrected chi connectivity index (χ2v) is 8.46. The molecule has 0 radical (unpaired) electrons. The number of hydrazone groups is 1. The van der Waals surface area contributed by atoms with E-state index in [4.69, 9.17) is 0 Å². The van der Waals surface area contributed by atoms with Crippen molar-refractivity contribution in [3.8, 4) is 11.3 Å². The van der Waals surface area contributed by atoms with E-state index in [1.54, 1.807) is 42.6 Å². The molecule has 7 heteroatoms. The first kappa shape index (κ1) is 21.5. The maximum atomic E-state index is 13.5. The van der Waals surface area contributed by atoms with Crippen LogP contribution in [0.2, 0.25) is 0 Å². The highest BCUT2D eigenvalue weighted by molar-refractivity contribution is 7.20. The number of fused-ring (bicyclic) bond motifs is 1. The van der Waals surface area contributed by atoms with E-state index >= 15 is 0 Å². The van der Waals surface area contributed by atoms with Crippen molar-refractivity contribution in [2.24, 2.45) is 5.10 Å². The summed E-state index contributed by atoms with van der Waals surface area (Å²) in [6.07, 6.45) is 1.74. The van der Waals surface area contributed by atoms with Gasteiger partial charge >= 0.3 is 0 Å². The quantitative estimate of drug-likeness (QED) is 0.214. The van der Waals surface area contributed by atoms with Gasteiger partial charge < -0.3 is 5.32 Å². The van der Waals surface area contributed by atoms with Crippen LogP contribution in [0.1, 0.15) is 15.9 Å². The predicted molar refractivity (Wildman–Crippen MR) is 137 cm³/mol. The van der Waals surface area contributed by atoms with Gasteiger partial charge in [-0.3, -0.25) is 10.2 Å². The van der Waals surface area contributed by atoms with Crippen LogP contribution in [0, 0.1) is 5.82 Å². The first-order valence-electron chi connectivity index (χ1n) is 10.6. The van der Waals surface area contributed by atoms with Crippen LogP contribution >= 0.6 is 11.3 Å². The second kappa shape index (κ2) is 9.64. The van der Waals surface area contributed by atoms with Crippen LogP contribution in [0.3, 0.4) is 0 Å². The number of rotatable bonds is 6. The number of nitrogens with zero attached hydrogens (tertiary/aromatic N) is 2. The minimum atomic E-state index is -0.341. The fraction of sp³-hybridized carbons (Fsp3) is 0. The summed E-state index contributed by atoms with van der Waals surface area (Å²) in [5.74, 6) is -0.592. The molecule has 0 bridgehead atoms. The van der Waals surface area contributed by atoms with E-state index in [1.165, 1.54) is 23.5 Å². The molecule has 2 N–H and O–H groups in total. The smallest absolute Gasteiger partial charge is 0.256 e. The van der Waals surface area contributed by atoms with E-state index in [9.17, 15) is 9.18 Å². The lowest BCUT2D eigenvalue weighted by Gasteiger charge is -2.05.